The summed E-state index contributed by atoms with van der Waals surface area (Å²) in [5.74, 6) is -0.217. The Kier molecular flexibility index (Phi) is 3.56. The molecule has 1 aromatic rings. The number of hydrogen-bond acceptors (Lipinski definition) is 2. The number of carbonyl (C=O) groups is 2. The van der Waals surface area contributed by atoms with Crippen molar-refractivity contribution in [3.63, 3.8) is 0 Å². The van der Waals surface area contributed by atoms with Crippen LogP contribution in [0.2, 0.25) is 4.31 Å². The number of carbonyl (C=O) groups excluding carboxylic acids is 2. The van der Waals surface area contributed by atoms with E-state index in [4.69, 9.17) is 0 Å². The molecular weight excluding hydrogens is 347 g/mol. The van der Waals surface area contributed by atoms with Gasteiger partial charge in [-0.3, -0.25) is 0 Å². The monoisotopic (exact) mass is 356 g/mol. The third kappa shape index (κ3) is 2.60. The van der Waals surface area contributed by atoms with Crippen molar-refractivity contribution in [1.82, 2.24) is 0 Å². The number of ketones is 2. The maximum atomic E-state index is 11.6. The molecule has 0 fully saturated rings. The topological polar surface area (TPSA) is 34.1 Å². The zero-order valence-corrected chi connectivity index (χ0v) is 9.37. The van der Waals surface area contributed by atoms with Crippen LogP contribution in [0.4, 0.5) is 0 Å². The minimum absolute atomic E-state index is 0.101. The molecule has 0 bridgehead atoms. The van der Waals surface area contributed by atoms with Crippen molar-refractivity contribution in [2.24, 2.45) is 0 Å². The molecule has 0 N–H and O–H groups in total. The first kappa shape index (κ1) is 10.3. The molecule has 13 heavy (non-hydrogen) atoms. The van der Waals surface area contributed by atoms with Crippen molar-refractivity contribution < 1.29 is 29.4 Å². The van der Waals surface area contributed by atoms with Crippen molar-refractivity contribution in [2.75, 3.05) is 0 Å². The molecule has 1 aromatic carbocycles. The van der Waals surface area contributed by atoms with E-state index in [0.717, 1.165) is 0 Å². The van der Waals surface area contributed by atoms with Crippen molar-refractivity contribution in [3.05, 3.63) is 35.9 Å². The van der Waals surface area contributed by atoms with Gasteiger partial charge in [0.25, 0.3) is 0 Å². The van der Waals surface area contributed by atoms with Crippen LogP contribution in [0.25, 0.3) is 0 Å². The Balaban J connectivity index is 2.86. The molecule has 0 radical (unpaired) electrons. The van der Waals surface area contributed by atoms with Gasteiger partial charge in [-0.1, -0.05) is 0 Å². The van der Waals surface area contributed by atoms with E-state index in [2.05, 4.69) is 0 Å². The molecule has 0 heterocycles. The first-order valence-electron chi connectivity index (χ1n) is 3.83. The summed E-state index contributed by atoms with van der Waals surface area (Å²) in [7, 11) is 0. The van der Waals surface area contributed by atoms with E-state index in [1.807, 2.05) is 25.9 Å². The molecule has 3 heteroatoms. The van der Waals surface area contributed by atoms with Crippen LogP contribution < -0.4 is 0 Å². The fourth-order valence-electron chi connectivity index (χ4n) is 0.923. The number of hydrogen-bond donors (Lipinski definition) is 0. The SMILES string of the molecule is CC(=O)[CH]([Pt])C(=O)c1ccccc1. The summed E-state index contributed by atoms with van der Waals surface area (Å²) in [6.45, 7) is 1.43. The molecule has 1 atom stereocenters. The van der Waals surface area contributed by atoms with Crippen molar-refractivity contribution in [3.8, 4) is 0 Å². The Hall–Kier alpha value is -0.752. The van der Waals surface area contributed by atoms with Crippen LogP contribution in [0.15, 0.2) is 30.3 Å². The summed E-state index contributed by atoms with van der Waals surface area (Å²) in [6.07, 6.45) is 0. The molecule has 71 valence electrons. The van der Waals surface area contributed by atoms with Gasteiger partial charge in [-0.05, 0) is 0 Å². The second kappa shape index (κ2) is 4.47. The molecule has 0 aliphatic heterocycles. The molecule has 0 saturated carbocycles. The molecule has 0 aliphatic carbocycles. The van der Waals surface area contributed by atoms with Crippen LogP contribution in [0.1, 0.15) is 17.3 Å². The van der Waals surface area contributed by atoms with Gasteiger partial charge in [0.15, 0.2) is 0 Å². The Labute approximate surface area is 88.2 Å². The van der Waals surface area contributed by atoms with Crippen molar-refractivity contribution in [1.29, 1.82) is 0 Å². The second-order valence-corrected chi connectivity index (χ2v) is 3.98. The Morgan fingerprint density at radius 3 is 2.23 bits per heavy atom. The molecule has 1 unspecified atom stereocenters. The number of benzene rings is 1. The first-order valence-corrected chi connectivity index (χ1v) is 5.14. The molecule has 0 spiro atoms. The van der Waals surface area contributed by atoms with E-state index >= 15 is 0 Å². The van der Waals surface area contributed by atoms with Gasteiger partial charge in [-0.25, -0.2) is 0 Å². The summed E-state index contributed by atoms with van der Waals surface area (Å²) >= 11 is 1.85. The van der Waals surface area contributed by atoms with E-state index < -0.39 is 4.31 Å². The van der Waals surface area contributed by atoms with Crippen LogP contribution in [-0.2, 0) is 24.6 Å². The maximum absolute atomic E-state index is 11.6. The van der Waals surface area contributed by atoms with Crippen LogP contribution in [-0.4, -0.2) is 11.6 Å². The van der Waals surface area contributed by atoms with E-state index in [-0.39, 0.29) is 11.6 Å². The molecular formula is C10H9O2Pt. The Morgan fingerprint density at radius 2 is 1.77 bits per heavy atom. The van der Waals surface area contributed by atoms with Gasteiger partial charge in [0.05, 0.1) is 0 Å². The fraction of sp³-hybridized carbons (Fsp3) is 0.200. The Bertz CT molecular complexity index is 319. The van der Waals surface area contributed by atoms with Gasteiger partial charge in [0.2, 0.25) is 0 Å². The predicted molar refractivity (Wildman–Crippen MR) is 45.2 cm³/mol. The summed E-state index contributed by atoms with van der Waals surface area (Å²) < 4.78 is -0.553. The molecule has 0 aromatic heterocycles. The van der Waals surface area contributed by atoms with E-state index in [1.165, 1.54) is 6.92 Å². The number of rotatable bonds is 3. The zero-order chi connectivity index (χ0) is 9.84. The molecule has 0 aliphatic rings. The normalized spacial score (nSPS) is 12.2. The second-order valence-electron chi connectivity index (χ2n) is 2.67. The van der Waals surface area contributed by atoms with E-state index in [0.29, 0.717) is 5.56 Å². The average Bonchev–Trinajstić information content (AvgIpc) is 2.17. The van der Waals surface area contributed by atoms with Crippen LogP contribution in [0, 0.1) is 0 Å². The fourth-order valence-corrected chi connectivity index (χ4v) is 1.30. The van der Waals surface area contributed by atoms with Gasteiger partial charge in [0, 0.05) is 0 Å². The molecule has 2 nitrogen and oxygen atoms in total. The van der Waals surface area contributed by atoms with Gasteiger partial charge >= 0.3 is 88.1 Å². The average molecular weight is 356 g/mol. The number of Topliss-reactive ketones (excluding diaryl/α,β-unsaturated/α-hetero) is 2. The molecule has 0 saturated heterocycles. The Morgan fingerprint density at radius 1 is 1.23 bits per heavy atom. The third-order valence-corrected chi connectivity index (χ3v) is 3.12. The van der Waals surface area contributed by atoms with Crippen LogP contribution in [0.3, 0.4) is 0 Å². The van der Waals surface area contributed by atoms with Gasteiger partial charge < -0.3 is 0 Å². The van der Waals surface area contributed by atoms with E-state index in [9.17, 15) is 9.59 Å². The molecule has 0 amide bonds. The van der Waals surface area contributed by atoms with Crippen molar-refractivity contribution >= 4 is 11.6 Å². The zero-order valence-electron chi connectivity index (χ0n) is 7.10. The summed E-state index contributed by atoms with van der Waals surface area (Å²) in [5.41, 5.74) is 0.595. The first-order chi connectivity index (χ1) is 6.13. The van der Waals surface area contributed by atoms with Crippen LogP contribution >= 0.6 is 0 Å². The van der Waals surface area contributed by atoms with Gasteiger partial charge in [-0.15, -0.1) is 0 Å². The predicted octanol–water partition coefficient (Wildman–Crippen LogP) is 1.79. The van der Waals surface area contributed by atoms with Gasteiger partial charge in [0.1, 0.15) is 0 Å². The van der Waals surface area contributed by atoms with Crippen LogP contribution in [0.5, 0.6) is 0 Å². The minimum atomic E-state index is -0.553. The standard InChI is InChI=1S/C10H9O2.Pt/c1-8(11)7-10(12)9-5-3-2-4-6-9;/h2-7H,1H3;. The summed E-state index contributed by atoms with van der Waals surface area (Å²) in [6, 6.07) is 8.86. The van der Waals surface area contributed by atoms with Crippen molar-refractivity contribution in [2.45, 2.75) is 11.2 Å². The summed E-state index contributed by atoms with van der Waals surface area (Å²) in [5, 5.41) is 0. The quantitative estimate of drug-likeness (QED) is 0.611. The molecule has 1 rings (SSSR count). The van der Waals surface area contributed by atoms with E-state index in [1.54, 1.807) is 24.3 Å². The third-order valence-electron chi connectivity index (χ3n) is 1.60. The van der Waals surface area contributed by atoms with Gasteiger partial charge in [-0.2, -0.15) is 0 Å². The summed E-state index contributed by atoms with van der Waals surface area (Å²) in [4.78, 5) is 22.5.